The third-order valence-corrected chi connectivity index (χ3v) is 3.62. The predicted molar refractivity (Wildman–Crippen MR) is 85.2 cm³/mol. The molecule has 0 unspecified atom stereocenters. The minimum Gasteiger partial charge on any atom is -0.494 e. The molecule has 0 spiro atoms. The van der Waals surface area contributed by atoms with Gasteiger partial charge in [-0.15, -0.1) is 0 Å². The van der Waals surface area contributed by atoms with Crippen molar-refractivity contribution in [1.29, 1.82) is 0 Å². The Morgan fingerprint density at radius 2 is 2.00 bits per heavy atom. The molecule has 3 amide bonds. The number of aryl methyl sites for hydroxylation is 1. The zero-order valence-electron chi connectivity index (χ0n) is 13.1. The number of hydrogen-bond donors (Lipinski definition) is 2. The van der Waals surface area contributed by atoms with Gasteiger partial charge in [0.25, 0.3) is 0 Å². The van der Waals surface area contributed by atoms with Gasteiger partial charge in [-0.1, -0.05) is 0 Å². The molecule has 6 nitrogen and oxygen atoms in total. The van der Waals surface area contributed by atoms with Crippen molar-refractivity contribution in [2.45, 2.75) is 26.7 Å². The molecule has 2 rings (SSSR count). The van der Waals surface area contributed by atoms with Crippen LogP contribution in [0.25, 0.3) is 0 Å². The molecular weight excluding hydrogens is 282 g/mol. The van der Waals surface area contributed by atoms with Crippen molar-refractivity contribution in [3.05, 3.63) is 23.8 Å². The molecule has 0 bridgehead atoms. The van der Waals surface area contributed by atoms with Crippen LogP contribution in [0.4, 0.5) is 10.5 Å². The van der Waals surface area contributed by atoms with Crippen LogP contribution in [0, 0.1) is 6.92 Å². The fourth-order valence-electron chi connectivity index (χ4n) is 2.43. The van der Waals surface area contributed by atoms with Gasteiger partial charge in [0, 0.05) is 18.8 Å². The summed E-state index contributed by atoms with van der Waals surface area (Å²) >= 11 is 0. The maximum atomic E-state index is 11.9. The Morgan fingerprint density at radius 1 is 1.27 bits per heavy atom. The van der Waals surface area contributed by atoms with Crippen LogP contribution in [0.5, 0.6) is 5.75 Å². The molecule has 6 heteroatoms. The number of amides is 3. The van der Waals surface area contributed by atoms with E-state index in [0.717, 1.165) is 37.2 Å². The number of rotatable bonds is 5. The van der Waals surface area contributed by atoms with Gasteiger partial charge < -0.3 is 20.3 Å². The van der Waals surface area contributed by atoms with E-state index in [9.17, 15) is 9.59 Å². The summed E-state index contributed by atoms with van der Waals surface area (Å²) in [5, 5.41) is 5.35. The van der Waals surface area contributed by atoms with Crippen LogP contribution in [-0.4, -0.2) is 43.1 Å². The first kappa shape index (κ1) is 16.1. The zero-order valence-corrected chi connectivity index (χ0v) is 13.1. The average Bonchev–Trinajstić information content (AvgIpc) is 3.02. The number of benzene rings is 1. The summed E-state index contributed by atoms with van der Waals surface area (Å²) in [5.41, 5.74) is 1.61. The average molecular weight is 305 g/mol. The SMILES string of the molecule is CCOc1ccc(NC(=O)NCC(=O)N2CCCC2)c(C)c1. The first-order valence-corrected chi connectivity index (χ1v) is 7.66. The number of likely N-dealkylation sites (tertiary alicyclic amines) is 1. The second kappa shape index (κ2) is 7.68. The van der Waals surface area contributed by atoms with Crippen LogP contribution in [-0.2, 0) is 4.79 Å². The van der Waals surface area contributed by atoms with Crippen LogP contribution in [0.3, 0.4) is 0 Å². The van der Waals surface area contributed by atoms with Gasteiger partial charge in [-0.2, -0.15) is 0 Å². The van der Waals surface area contributed by atoms with Crippen LogP contribution < -0.4 is 15.4 Å². The van der Waals surface area contributed by atoms with Gasteiger partial charge in [0.05, 0.1) is 13.2 Å². The Hall–Kier alpha value is -2.24. The van der Waals surface area contributed by atoms with Gasteiger partial charge in [0.2, 0.25) is 5.91 Å². The van der Waals surface area contributed by atoms with E-state index in [2.05, 4.69) is 10.6 Å². The van der Waals surface area contributed by atoms with Crippen LogP contribution in [0.15, 0.2) is 18.2 Å². The summed E-state index contributed by atoms with van der Waals surface area (Å²) < 4.78 is 5.40. The summed E-state index contributed by atoms with van der Waals surface area (Å²) in [6.45, 7) is 6.04. The molecule has 2 N–H and O–H groups in total. The first-order chi connectivity index (χ1) is 10.6. The monoisotopic (exact) mass is 305 g/mol. The fraction of sp³-hybridized carbons (Fsp3) is 0.500. The lowest BCUT2D eigenvalue weighted by molar-refractivity contribution is -0.128. The van der Waals surface area contributed by atoms with Gasteiger partial charge in [0.1, 0.15) is 5.75 Å². The second-order valence-corrected chi connectivity index (χ2v) is 5.31. The lowest BCUT2D eigenvalue weighted by Crippen LogP contribution is -2.40. The Morgan fingerprint density at radius 3 is 2.64 bits per heavy atom. The van der Waals surface area contributed by atoms with E-state index < -0.39 is 0 Å². The molecule has 1 aromatic carbocycles. The third kappa shape index (κ3) is 4.38. The lowest BCUT2D eigenvalue weighted by Gasteiger charge is -2.16. The summed E-state index contributed by atoms with van der Waals surface area (Å²) in [5.74, 6) is 0.742. The standard InChI is InChI=1S/C16H23N3O3/c1-3-22-13-6-7-14(12(2)10-13)18-16(21)17-11-15(20)19-8-4-5-9-19/h6-7,10H,3-5,8-9,11H2,1-2H3,(H2,17,18,21). The van der Waals surface area contributed by atoms with Crippen molar-refractivity contribution in [2.75, 3.05) is 31.6 Å². The molecule has 120 valence electrons. The van der Waals surface area contributed by atoms with E-state index in [1.54, 1.807) is 11.0 Å². The molecule has 1 saturated heterocycles. The maximum Gasteiger partial charge on any atom is 0.319 e. The lowest BCUT2D eigenvalue weighted by atomic mass is 10.2. The number of anilines is 1. The molecule has 1 aromatic rings. The summed E-state index contributed by atoms with van der Waals surface area (Å²) in [7, 11) is 0. The number of urea groups is 1. The van der Waals surface area contributed by atoms with Crippen molar-refractivity contribution in [1.82, 2.24) is 10.2 Å². The maximum absolute atomic E-state index is 11.9. The molecular formula is C16H23N3O3. The predicted octanol–water partition coefficient (Wildman–Crippen LogP) is 2.14. The van der Waals surface area contributed by atoms with Crippen LogP contribution in [0.1, 0.15) is 25.3 Å². The minimum atomic E-state index is -0.375. The smallest absolute Gasteiger partial charge is 0.319 e. The molecule has 0 saturated carbocycles. The van der Waals surface area contributed by atoms with Gasteiger partial charge in [-0.25, -0.2) is 4.79 Å². The highest BCUT2D eigenvalue weighted by atomic mass is 16.5. The van der Waals surface area contributed by atoms with Gasteiger partial charge >= 0.3 is 6.03 Å². The van der Waals surface area contributed by atoms with Crippen molar-refractivity contribution in [2.24, 2.45) is 0 Å². The molecule has 0 atom stereocenters. The summed E-state index contributed by atoms with van der Waals surface area (Å²) in [4.78, 5) is 25.5. The van der Waals surface area contributed by atoms with Crippen molar-refractivity contribution in [3.8, 4) is 5.75 Å². The zero-order chi connectivity index (χ0) is 15.9. The number of carbonyl (C=O) groups excluding carboxylic acids is 2. The fourth-order valence-corrected chi connectivity index (χ4v) is 2.43. The number of hydrogen-bond acceptors (Lipinski definition) is 3. The largest absolute Gasteiger partial charge is 0.494 e. The third-order valence-electron chi connectivity index (χ3n) is 3.62. The number of nitrogens with zero attached hydrogens (tertiary/aromatic N) is 1. The molecule has 22 heavy (non-hydrogen) atoms. The summed E-state index contributed by atoms with van der Waals surface area (Å²) in [6.07, 6.45) is 2.09. The first-order valence-electron chi connectivity index (χ1n) is 7.66. The van der Waals surface area contributed by atoms with Crippen molar-refractivity contribution < 1.29 is 14.3 Å². The van der Waals surface area contributed by atoms with E-state index in [-0.39, 0.29) is 18.5 Å². The topological polar surface area (TPSA) is 70.7 Å². The minimum absolute atomic E-state index is 0.0297. The highest BCUT2D eigenvalue weighted by Gasteiger charge is 2.18. The normalized spacial score (nSPS) is 13.8. The van der Waals surface area contributed by atoms with Gasteiger partial charge in [-0.3, -0.25) is 4.79 Å². The Balaban J connectivity index is 1.82. The van der Waals surface area contributed by atoms with Gasteiger partial charge in [-0.05, 0) is 50.5 Å². The van der Waals surface area contributed by atoms with Crippen LogP contribution >= 0.6 is 0 Å². The van der Waals surface area contributed by atoms with E-state index in [4.69, 9.17) is 4.74 Å². The highest BCUT2D eigenvalue weighted by Crippen LogP contribution is 2.21. The van der Waals surface area contributed by atoms with E-state index in [1.165, 1.54) is 0 Å². The van der Waals surface area contributed by atoms with Gasteiger partial charge in [0.15, 0.2) is 0 Å². The van der Waals surface area contributed by atoms with Crippen molar-refractivity contribution >= 4 is 17.6 Å². The van der Waals surface area contributed by atoms with Crippen LogP contribution in [0.2, 0.25) is 0 Å². The van der Waals surface area contributed by atoms with Crippen molar-refractivity contribution in [3.63, 3.8) is 0 Å². The second-order valence-electron chi connectivity index (χ2n) is 5.31. The Bertz CT molecular complexity index is 539. The quantitative estimate of drug-likeness (QED) is 0.875. The molecule has 1 aliphatic heterocycles. The summed E-state index contributed by atoms with van der Waals surface area (Å²) in [6, 6.07) is 5.10. The molecule has 1 fully saturated rings. The number of ether oxygens (including phenoxy) is 1. The van der Waals surface area contributed by atoms with E-state index in [1.807, 2.05) is 26.0 Å². The van der Waals surface area contributed by atoms with E-state index in [0.29, 0.717) is 12.3 Å². The van der Waals surface area contributed by atoms with E-state index >= 15 is 0 Å². The molecule has 0 aliphatic carbocycles. The molecule has 0 radical (unpaired) electrons. The Kier molecular flexibility index (Phi) is 5.63. The molecule has 1 heterocycles. The highest BCUT2D eigenvalue weighted by molar-refractivity contribution is 5.93. The molecule has 0 aromatic heterocycles. The number of carbonyl (C=O) groups is 2. The Labute approximate surface area is 130 Å². The molecule has 1 aliphatic rings. The number of nitrogens with one attached hydrogen (secondary N) is 2.